The van der Waals surface area contributed by atoms with Crippen LogP contribution >= 0.6 is 0 Å². The second kappa shape index (κ2) is 30.7. The van der Waals surface area contributed by atoms with Gasteiger partial charge in [-0.25, -0.2) is 4.79 Å². The van der Waals surface area contributed by atoms with Crippen LogP contribution in [0.15, 0.2) is 0 Å². The lowest BCUT2D eigenvalue weighted by molar-refractivity contribution is -0.231. The van der Waals surface area contributed by atoms with Gasteiger partial charge in [-0.15, -0.1) is 0 Å². The maximum atomic E-state index is 12.8. The van der Waals surface area contributed by atoms with E-state index in [0.717, 1.165) is 102 Å². The SMILES string of the molecule is CCC(C)(C)C(=O)OC1(C(C)C)C2CC3CC(C2)CC1C3.CCC(C)(C)C(=O)OC1(C(C)C)CCCC1.CCC(C)(C)C(=O)OC1C2CC3C(=O)OC1C3C2.CCC(C)(C)C(=O)OCC(=O)OC1C2CC3CC(C2)C(=O)OC1C3.CCCCOC(=O)C(C)(C)CC. The van der Waals surface area contributed by atoms with Gasteiger partial charge in [0.2, 0.25) is 0 Å². The van der Waals surface area contributed by atoms with Gasteiger partial charge in [-0.2, -0.15) is 0 Å². The Morgan fingerprint density at radius 3 is 1.48 bits per heavy atom. The predicted molar refractivity (Wildman–Crippen MR) is 348 cm³/mol. The molecule has 10 atom stereocenters. The van der Waals surface area contributed by atoms with Crippen LogP contribution in [0.1, 0.15) is 280 Å². The van der Waals surface area contributed by atoms with E-state index < -0.39 is 28.9 Å². The first-order chi connectivity index (χ1) is 42.4. The Morgan fingerprint density at radius 1 is 0.495 bits per heavy atom. The Hall–Kier alpha value is -4.24. The Kier molecular flexibility index (Phi) is 25.5. The molecule has 3 heterocycles. The number of rotatable bonds is 21. The zero-order valence-electron chi connectivity index (χ0n) is 60.2. The molecule has 16 heteroatoms. The number of carbonyl (C=O) groups excluding carboxylic acids is 8. The van der Waals surface area contributed by atoms with Crippen molar-refractivity contribution in [2.75, 3.05) is 13.2 Å². The average Bonchev–Trinajstić information content (AvgIpc) is 1.06. The van der Waals surface area contributed by atoms with Crippen LogP contribution in [-0.4, -0.2) is 96.6 Å². The van der Waals surface area contributed by atoms with Crippen LogP contribution in [0.4, 0.5) is 0 Å². The van der Waals surface area contributed by atoms with Crippen LogP contribution in [0.25, 0.3) is 0 Å². The molecule has 91 heavy (non-hydrogen) atoms. The maximum Gasteiger partial charge on any atom is 0.344 e. The standard InChI is InChI=1S/C19H32O2.C18H26O6.C14H20O4.C14H26O2.C10H20O2/c1-6-18(4,5)17(20)21-19(12(2)3)15-8-13-7-14(10-15)11-16(19)9-13;1-4-18(2,3)17(21)22-9-14(19)24-15-11-5-10-6-12(8-11)16(20)23-13(15)7-10;1-4-14(2,3)13(16)18-10-7-5-8-9(6-7)12(15)17-11(8)10;1-6-13(4,5)12(15)16-14(11(2)3)9-7-8-10-14;1-5-7-8-12-9(11)10(3,4)6-2/h12-16H,6-11H2,1-5H3;10-13,15H,4-9H2,1-3H3;7-11H,4-6H2,1-3H3;11H,6-10H2,1-5H3;5-8H2,1-4H3. The summed E-state index contributed by atoms with van der Waals surface area (Å²) in [6, 6.07) is 0. The van der Waals surface area contributed by atoms with Crippen molar-refractivity contribution in [3.05, 3.63) is 0 Å². The van der Waals surface area contributed by atoms with Gasteiger partial charge in [0.1, 0.15) is 35.6 Å². The van der Waals surface area contributed by atoms with Gasteiger partial charge in [-0.1, -0.05) is 75.7 Å². The van der Waals surface area contributed by atoms with Gasteiger partial charge < -0.3 is 37.9 Å². The number of esters is 8. The molecule has 0 radical (unpaired) electrons. The summed E-state index contributed by atoms with van der Waals surface area (Å²) in [7, 11) is 0. The highest BCUT2D eigenvalue weighted by atomic mass is 16.6. The topological polar surface area (TPSA) is 210 Å². The fourth-order valence-corrected chi connectivity index (χ4v) is 16.1. The van der Waals surface area contributed by atoms with Gasteiger partial charge in [-0.3, -0.25) is 33.6 Å². The number of unbranched alkanes of at least 4 members (excludes halogenated alkanes) is 1. The summed E-state index contributed by atoms with van der Waals surface area (Å²) in [5, 5.41) is 0. The molecule has 0 spiro atoms. The van der Waals surface area contributed by atoms with E-state index in [1.54, 1.807) is 13.8 Å². The Morgan fingerprint density at radius 2 is 0.978 bits per heavy atom. The first-order valence-corrected chi connectivity index (χ1v) is 36.0. The lowest BCUT2D eigenvalue weighted by atomic mass is 9.47. The van der Waals surface area contributed by atoms with Crippen molar-refractivity contribution in [3.63, 3.8) is 0 Å². The highest BCUT2D eigenvalue weighted by Gasteiger charge is 2.64. The molecule has 10 bridgehead atoms. The van der Waals surface area contributed by atoms with Crippen LogP contribution in [0.5, 0.6) is 0 Å². The summed E-state index contributed by atoms with van der Waals surface area (Å²) < 4.78 is 44.6. The molecule has 12 rings (SSSR count). The molecular formula is C75H124O16. The first kappa shape index (κ1) is 75.8. The number of hydrogen-bond donors (Lipinski definition) is 0. The molecule has 0 aromatic rings. The summed E-state index contributed by atoms with van der Waals surface area (Å²) >= 11 is 0. The van der Waals surface area contributed by atoms with E-state index in [2.05, 4.69) is 41.5 Å². The van der Waals surface area contributed by atoms with E-state index in [1.165, 1.54) is 44.9 Å². The van der Waals surface area contributed by atoms with E-state index in [4.69, 9.17) is 37.9 Å². The fraction of sp³-hybridized carbons (Fsp3) is 0.893. The normalized spacial score (nSPS) is 31.8. The summed E-state index contributed by atoms with van der Waals surface area (Å²) in [4.78, 5) is 96.1. The molecular weight excluding hydrogens is 1160 g/mol. The molecule has 9 saturated carbocycles. The molecule has 3 aliphatic heterocycles. The van der Waals surface area contributed by atoms with Crippen LogP contribution < -0.4 is 0 Å². The highest BCUT2D eigenvalue weighted by Crippen LogP contribution is 2.62. The van der Waals surface area contributed by atoms with Crippen molar-refractivity contribution in [2.24, 2.45) is 98.1 Å². The lowest BCUT2D eigenvalue weighted by Gasteiger charge is -2.62. The van der Waals surface area contributed by atoms with Gasteiger partial charge >= 0.3 is 47.8 Å². The molecule has 12 fully saturated rings. The molecule has 0 amide bonds. The van der Waals surface area contributed by atoms with Crippen LogP contribution in [-0.2, 0) is 76.3 Å². The molecule has 16 nitrogen and oxygen atoms in total. The summed E-state index contributed by atoms with van der Waals surface area (Å²) in [6.07, 6.45) is 21.1. The van der Waals surface area contributed by atoms with E-state index in [9.17, 15) is 38.4 Å². The van der Waals surface area contributed by atoms with Gasteiger partial charge in [0.25, 0.3) is 0 Å². The zero-order chi connectivity index (χ0) is 68.0. The Labute approximate surface area is 548 Å². The summed E-state index contributed by atoms with van der Waals surface area (Å²) in [5.41, 5.74) is -2.42. The number of carbonyl (C=O) groups is 8. The third kappa shape index (κ3) is 17.4. The molecule has 9 aliphatic carbocycles. The van der Waals surface area contributed by atoms with Crippen molar-refractivity contribution in [1.29, 1.82) is 0 Å². The van der Waals surface area contributed by atoms with Gasteiger partial charge in [0.05, 0.1) is 45.5 Å². The van der Waals surface area contributed by atoms with E-state index >= 15 is 0 Å². The smallest absolute Gasteiger partial charge is 0.344 e. The van der Waals surface area contributed by atoms with Gasteiger partial charge in [-0.05, 0) is 245 Å². The van der Waals surface area contributed by atoms with Gasteiger partial charge in [0.15, 0.2) is 6.61 Å². The second-order valence-corrected chi connectivity index (χ2v) is 33.2. The quantitative estimate of drug-likeness (QED) is 0.0594. The van der Waals surface area contributed by atoms with Crippen molar-refractivity contribution in [3.8, 4) is 0 Å². The molecule has 3 saturated heterocycles. The van der Waals surface area contributed by atoms with Crippen molar-refractivity contribution < 1.29 is 76.3 Å². The fourth-order valence-electron chi connectivity index (χ4n) is 16.1. The summed E-state index contributed by atoms with van der Waals surface area (Å²) in [6.45, 7) is 40.3. The Balaban J connectivity index is 0.000000184. The monoisotopic (exact) mass is 1280 g/mol. The Bertz CT molecular complexity index is 2480. The van der Waals surface area contributed by atoms with Crippen LogP contribution in [0.3, 0.4) is 0 Å². The molecule has 520 valence electrons. The largest absolute Gasteiger partial charge is 0.465 e. The molecule has 0 aromatic carbocycles. The average molecular weight is 1280 g/mol. The predicted octanol–water partition coefficient (Wildman–Crippen LogP) is 15.7. The minimum absolute atomic E-state index is 0.0226. The number of hydrogen-bond acceptors (Lipinski definition) is 16. The highest BCUT2D eigenvalue weighted by molar-refractivity contribution is 5.81. The van der Waals surface area contributed by atoms with Crippen LogP contribution in [0.2, 0.25) is 0 Å². The van der Waals surface area contributed by atoms with E-state index in [1.807, 2.05) is 83.1 Å². The minimum Gasteiger partial charge on any atom is -0.465 e. The minimum atomic E-state index is -0.615. The van der Waals surface area contributed by atoms with Crippen molar-refractivity contribution in [2.45, 2.75) is 315 Å². The third-order valence-corrected chi connectivity index (χ3v) is 24.4. The molecule has 10 unspecified atom stereocenters. The van der Waals surface area contributed by atoms with Crippen molar-refractivity contribution >= 4 is 47.8 Å². The second-order valence-electron chi connectivity index (χ2n) is 33.2. The number of ether oxygens (including phenoxy) is 8. The zero-order valence-corrected chi connectivity index (χ0v) is 60.2. The third-order valence-electron chi connectivity index (χ3n) is 24.4. The van der Waals surface area contributed by atoms with E-state index in [0.29, 0.717) is 54.5 Å². The van der Waals surface area contributed by atoms with E-state index in [-0.39, 0.29) is 106 Å². The first-order valence-electron chi connectivity index (χ1n) is 36.0. The van der Waals surface area contributed by atoms with Crippen molar-refractivity contribution in [1.82, 2.24) is 0 Å². The molecule has 12 aliphatic rings. The number of fused-ring (bicyclic) bond motifs is 2. The lowest BCUT2D eigenvalue weighted by Crippen LogP contribution is -2.63. The molecule has 0 aromatic heterocycles. The summed E-state index contributed by atoms with van der Waals surface area (Å²) in [5.74, 6) is 3.80. The van der Waals surface area contributed by atoms with Crippen LogP contribution in [0, 0.1) is 98.1 Å². The molecule has 0 N–H and O–H groups in total. The maximum absolute atomic E-state index is 12.8. The van der Waals surface area contributed by atoms with Gasteiger partial charge in [0, 0.05) is 17.8 Å².